The Hall–Kier alpha value is -2.08. The van der Waals surface area contributed by atoms with Gasteiger partial charge in [0.15, 0.2) is 0 Å². The molecular weight excluding hydrogens is 306 g/mol. The van der Waals surface area contributed by atoms with Gasteiger partial charge in [0, 0.05) is 38.9 Å². The second kappa shape index (κ2) is 7.66. The van der Waals surface area contributed by atoms with Gasteiger partial charge >= 0.3 is 0 Å². The molecule has 6 nitrogen and oxygen atoms in total. The molecule has 2 fully saturated rings. The van der Waals surface area contributed by atoms with Gasteiger partial charge in [-0.2, -0.15) is 0 Å². The van der Waals surface area contributed by atoms with Gasteiger partial charge in [0.2, 0.25) is 5.91 Å². The maximum atomic E-state index is 12.9. The number of likely N-dealkylation sites (tertiary alicyclic amines) is 1. The highest BCUT2D eigenvalue weighted by Gasteiger charge is 2.32. The summed E-state index contributed by atoms with van der Waals surface area (Å²) in [5.41, 5.74) is 1.49. The smallest absolute Gasteiger partial charge is 0.255 e. The van der Waals surface area contributed by atoms with Crippen molar-refractivity contribution in [2.24, 2.45) is 5.92 Å². The van der Waals surface area contributed by atoms with Crippen molar-refractivity contribution < 1.29 is 14.3 Å². The molecule has 0 aromatic heterocycles. The fraction of sp³-hybridized carbons (Fsp3) is 0.556. The fourth-order valence-corrected chi connectivity index (χ4v) is 3.46. The number of piperidine rings is 1. The lowest BCUT2D eigenvalue weighted by molar-refractivity contribution is -0.141. The molecule has 0 spiro atoms. The Morgan fingerprint density at radius 3 is 2.62 bits per heavy atom. The maximum Gasteiger partial charge on any atom is 0.255 e. The number of ether oxygens (including phenoxy) is 1. The summed E-state index contributed by atoms with van der Waals surface area (Å²) in [6.45, 7) is 3.75. The van der Waals surface area contributed by atoms with Crippen LogP contribution in [0.4, 0.5) is 5.69 Å². The highest BCUT2D eigenvalue weighted by molar-refractivity contribution is 5.99. The number of para-hydroxylation sites is 1. The van der Waals surface area contributed by atoms with E-state index in [1.807, 2.05) is 41.1 Å². The number of nitrogens with zero attached hydrogens (tertiary/aromatic N) is 2. The number of hydrogen-bond acceptors (Lipinski definition) is 4. The van der Waals surface area contributed by atoms with Crippen molar-refractivity contribution >= 4 is 17.5 Å². The van der Waals surface area contributed by atoms with Crippen LogP contribution in [0.15, 0.2) is 24.3 Å². The molecule has 130 valence electrons. The minimum absolute atomic E-state index is 0.000530. The zero-order valence-corrected chi connectivity index (χ0v) is 14.2. The molecule has 1 unspecified atom stereocenters. The standard InChI is InChI=1S/C18H25N3O3/c1-19-16-7-3-2-6-15(16)18(23)21-8-4-5-14(13-21)17(22)20-9-11-24-12-10-20/h2-3,6-7,14,19H,4-5,8-13H2,1H3. The Morgan fingerprint density at radius 1 is 1.12 bits per heavy atom. The Kier molecular flexibility index (Phi) is 5.35. The summed E-state index contributed by atoms with van der Waals surface area (Å²) < 4.78 is 5.31. The lowest BCUT2D eigenvalue weighted by atomic mass is 9.95. The van der Waals surface area contributed by atoms with Gasteiger partial charge in [-0.1, -0.05) is 12.1 Å². The van der Waals surface area contributed by atoms with Crippen molar-refractivity contribution in [3.8, 4) is 0 Å². The highest BCUT2D eigenvalue weighted by Crippen LogP contribution is 2.23. The molecule has 1 aromatic carbocycles. The number of amides is 2. The quantitative estimate of drug-likeness (QED) is 0.910. The van der Waals surface area contributed by atoms with Crippen LogP contribution in [0.2, 0.25) is 0 Å². The monoisotopic (exact) mass is 331 g/mol. The van der Waals surface area contributed by atoms with E-state index in [1.54, 1.807) is 0 Å². The molecule has 0 radical (unpaired) electrons. The van der Waals surface area contributed by atoms with Crippen molar-refractivity contribution in [1.29, 1.82) is 0 Å². The second-order valence-corrected chi connectivity index (χ2v) is 6.32. The Bertz CT molecular complexity index is 599. The van der Waals surface area contributed by atoms with Crippen molar-refractivity contribution in [3.05, 3.63) is 29.8 Å². The average Bonchev–Trinajstić information content (AvgIpc) is 2.67. The highest BCUT2D eigenvalue weighted by atomic mass is 16.5. The molecular formula is C18H25N3O3. The molecule has 6 heteroatoms. The van der Waals surface area contributed by atoms with Gasteiger partial charge < -0.3 is 19.9 Å². The largest absolute Gasteiger partial charge is 0.387 e. The number of nitrogens with one attached hydrogen (secondary N) is 1. The van der Waals surface area contributed by atoms with Crippen molar-refractivity contribution in [2.45, 2.75) is 12.8 Å². The lowest BCUT2D eigenvalue weighted by Crippen LogP contribution is -2.49. The first-order chi connectivity index (χ1) is 11.7. The molecule has 2 heterocycles. The second-order valence-electron chi connectivity index (χ2n) is 6.32. The Labute approximate surface area is 142 Å². The third-order valence-corrected chi connectivity index (χ3v) is 4.81. The molecule has 2 aliphatic heterocycles. The average molecular weight is 331 g/mol. The van der Waals surface area contributed by atoms with E-state index in [-0.39, 0.29) is 17.7 Å². The number of anilines is 1. The summed E-state index contributed by atoms with van der Waals surface area (Å²) in [5, 5.41) is 3.06. The fourth-order valence-electron chi connectivity index (χ4n) is 3.46. The molecule has 1 aromatic rings. The minimum Gasteiger partial charge on any atom is -0.387 e. The molecule has 0 aliphatic carbocycles. The van der Waals surface area contributed by atoms with Gasteiger partial charge in [-0.3, -0.25) is 9.59 Å². The molecule has 0 saturated carbocycles. The molecule has 1 N–H and O–H groups in total. The van der Waals surface area contributed by atoms with Gasteiger partial charge in [-0.05, 0) is 25.0 Å². The van der Waals surface area contributed by atoms with E-state index in [0.29, 0.717) is 45.0 Å². The van der Waals surface area contributed by atoms with Crippen LogP contribution in [0.1, 0.15) is 23.2 Å². The summed E-state index contributed by atoms with van der Waals surface area (Å²) in [5.74, 6) is 0.0691. The Balaban J connectivity index is 1.68. The molecule has 1 atom stereocenters. The van der Waals surface area contributed by atoms with Gasteiger partial charge in [0.25, 0.3) is 5.91 Å². The van der Waals surface area contributed by atoms with E-state index >= 15 is 0 Å². The third-order valence-electron chi connectivity index (χ3n) is 4.81. The van der Waals surface area contributed by atoms with Gasteiger partial charge in [0.05, 0.1) is 24.7 Å². The van der Waals surface area contributed by atoms with Crippen LogP contribution in [0.5, 0.6) is 0 Å². The predicted octanol–water partition coefficient (Wildman–Crippen LogP) is 1.44. The number of morpholine rings is 1. The normalized spacial score (nSPS) is 21.5. The van der Waals surface area contributed by atoms with Crippen LogP contribution in [-0.4, -0.2) is 68.1 Å². The van der Waals surface area contributed by atoms with Gasteiger partial charge in [0.1, 0.15) is 0 Å². The minimum atomic E-state index is -0.0949. The summed E-state index contributed by atoms with van der Waals surface area (Å²) in [6.07, 6.45) is 1.72. The first kappa shape index (κ1) is 16.8. The zero-order chi connectivity index (χ0) is 16.9. The van der Waals surface area contributed by atoms with E-state index in [4.69, 9.17) is 4.74 Å². The summed E-state index contributed by atoms with van der Waals surface area (Å²) in [4.78, 5) is 29.3. The molecule has 0 bridgehead atoms. The maximum absolute atomic E-state index is 12.9. The topological polar surface area (TPSA) is 61.9 Å². The van der Waals surface area contributed by atoms with Crippen molar-refractivity contribution in [2.75, 3.05) is 51.8 Å². The summed E-state index contributed by atoms with van der Waals surface area (Å²) >= 11 is 0. The van der Waals surface area contributed by atoms with Crippen LogP contribution < -0.4 is 5.32 Å². The van der Waals surface area contributed by atoms with Crippen LogP contribution in [-0.2, 0) is 9.53 Å². The summed E-state index contributed by atoms with van der Waals surface area (Å²) in [6, 6.07) is 7.51. The number of hydrogen-bond donors (Lipinski definition) is 1. The van der Waals surface area contributed by atoms with Crippen LogP contribution in [0.3, 0.4) is 0 Å². The molecule has 2 saturated heterocycles. The van der Waals surface area contributed by atoms with Crippen molar-refractivity contribution in [1.82, 2.24) is 9.80 Å². The number of carbonyl (C=O) groups excluding carboxylic acids is 2. The van der Waals surface area contributed by atoms with Crippen LogP contribution >= 0.6 is 0 Å². The van der Waals surface area contributed by atoms with Crippen LogP contribution in [0.25, 0.3) is 0 Å². The van der Waals surface area contributed by atoms with E-state index in [2.05, 4.69) is 5.32 Å². The van der Waals surface area contributed by atoms with Gasteiger partial charge in [-0.25, -0.2) is 0 Å². The zero-order valence-electron chi connectivity index (χ0n) is 14.2. The van der Waals surface area contributed by atoms with Crippen LogP contribution in [0, 0.1) is 5.92 Å². The molecule has 3 rings (SSSR count). The number of rotatable bonds is 3. The molecule has 24 heavy (non-hydrogen) atoms. The predicted molar refractivity (Wildman–Crippen MR) is 92.0 cm³/mol. The Morgan fingerprint density at radius 2 is 1.88 bits per heavy atom. The SMILES string of the molecule is CNc1ccccc1C(=O)N1CCCC(C(=O)N2CCOCC2)C1. The van der Waals surface area contributed by atoms with E-state index in [9.17, 15) is 9.59 Å². The summed E-state index contributed by atoms with van der Waals surface area (Å²) in [7, 11) is 1.81. The third kappa shape index (κ3) is 3.53. The van der Waals surface area contributed by atoms with E-state index < -0.39 is 0 Å². The first-order valence-corrected chi connectivity index (χ1v) is 8.63. The number of carbonyl (C=O) groups is 2. The first-order valence-electron chi connectivity index (χ1n) is 8.63. The molecule has 2 aliphatic rings. The lowest BCUT2D eigenvalue weighted by Gasteiger charge is -2.36. The van der Waals surface area contributed by atoms with Gasteiger partial charge in [-0.15, -0.1) is 0 Å². The molecule has 2 amide bonds. The van der Waals surface area contributed by atoms with E-state index in [0.717, 1.165) is 18.5 Å². The van der Waals surface area contributed by atoms with E-state index in [1.165, 1.54) is 0 Å². The number of benzene rings is 1. The van der Waals surface area contributed by atoms with Crippen molar-refractivity contribution in [3.63, 3.8) is 0 Å².